The molecule has 0 spiro atoms. The number of nitrogens with one attached hydrogen (secondary N) is 1. The Kier molecular flexibility index (Phi) is 5.50. The van der Waals surface area contributed by atoms with Crippen molar-refractivity contribution in [1.29, 1.82) is 0 Å². The molecule has 84 valence electrons. The highest BCUT2D eigenvalue weighted by molar-refractivity contribution is 7.99. The van der Waals surface area contributed by atoms with E-state index in [0.29, 0.717) is 16.1 Å². The fourth-order valence-corrected chi connectivity index (χ4v) is 1.63. The lowest BCUT2D eigenvalue weighted by Gasteiger charge is -2.10. The Morgan fingerprint density at radius 1 is 1.53 bits per heavy atom. The van der Waals surface area contributed by atoms with E-state index in [2.05, 4.69) is 28.5 Å². The van der Waals surface area contributed by atoms with E-state index in [-0.39, 0.29) is 5.28 Å². The van der Waals surface area contributed by atoms with Crippen LogP contribution in [-0.4, -0.2) is 28.0 Å². The summed E-state index contributed by atoms with van der Waals surface area (Å²) in [5.74, 6) is 0.602. The summed E-state index contributed by atoms with van der Waals surface area (Å²) in [6.07, 6.45) is 4.65. The van der Waals surface area contributed by atoms with Crippen LogP contribution >= 0.6 is 35.0 Å². The topological polar surface area (TPSA) is 37.8 Å². The molecule has 1 heterocycles. The maximum Gasteiger partial charge on any atom is 0.224 e. The molecule has 0 aliphatic rings. The van der Waals surface area contributed by atoms with E-state index in [0.717, 1.165) is 13.0 Å². The average molecular weight is 266 g/mol. The second kappa shape index (κ2) is 6.40. The monoisotopic (exact) mass is 265 g/mol. The van der Waals surface area contributed by atoms with Crippen molar-refractivity contribution in [3.05, 3.63) is 16.5 Å². The maximum absolute atomic E-state index is 5.89. The zero-order valence-corrected chi connectivity index (χ0v) is 11.0. The highest BCUT2D eigenvalue weighted by atomic mass is 35.5. The Hall–Kier alpha value is -0.190. The van der Waals surface area contributed by atoms with Gasteiger partial charge in [-0.05, 0) is 24.3 Å². The van der Waals surface area contributed by atoms with Crippen LogP contribution in [0.1, 0.15) is 13.3 Å². The van der Waals surface area contributed by atoms with Crippen LogP contribution in [0.3, 0.4) is 0 Å². The molecule has 1 rings (SSSR count). The molecule has 0 radical (unpaired) electrons. The summed E-state index contributed by atoms with van der Waals surface area (Å²) >= 11 is 13.4. The maximum atomic E-state index is 5.89. The fraction of sp³-hybridized carbons (Fsp3) is 0.556. The largest absolute Gasteiger partial charge is 0.369 e. The van der Waals surface area contributed by atoms with Gasteiger partial charge in [-0.15, -0.1) is 0 Å². The Labute approximate surface area is 104 Å². The lowest BCUT2D eigenvalue weighted by atomic mass is 10.3. The fourth-order valence-electron chi connectivity index (χ4n) is 0.981. The number of rotatable bonds is 5. The first-order valence-corrected chi connectivity index (χ1v) is 6.62. The molecular weight excluding hydrogens is 253 g/mol. The van der Waals surface area contributed by atoms with Crippen molar-refractivity contribution in [2.75, 3.05) is 18.1 Å². The molecule has 1 unspecified atom stereocenters. The lowest BCUT2D eigenvalue weighted by Crippen LogP contribution is -2.09. The van der Waals surface area contributed by atoms with Gasteiger partial charge < -0.3 is 5.32 Å². The number of hydrogen-bond donors (Lipinski definition) is 1. The number of halogens is 2. The van der Waals surface area contributed by atoms with Gasteiger partial charge in [-0.3, -0.25) is 0 Å². The van der Waals surface area contributed by atoms with E-state index in [1.54, 1.807) is 0 Å². The van der Waals surface area contributed by atoms with E-state index in [4.69, 9.17) is 23.2 Å². The van der Waals surface area contributed by atoms with Crippen LogP contribution in [0, 0.1) is 0 Å². The molecule has 1 aromatic rings. The molecule has 1 N–H and O–H groups in total. The summed E-state index contributed by atoms with van der Waals surface area (Å²) in [7, 11) is 0. The number of nitrogens with zero attached hydrogens (tertiary/aromatic N) is 2. The van der Waals surface area contributed by atoms with Crippen LogP contribution in [0.25, 0.3) is 0 Å². The molecule has 0 aromatic carbocycles. The first kappa shape index (κ1) is 12.9. The van der Waals surface area contributed by atoms with Crippen molar-refractivity contribution < 1.29 is 0 Å². The van der Waals surface area contributed by atoms with E-state index in [1.807, 2.05) is 11.8 Å². The third-order valence-corrected chi connectivity index (χ3v) is 3.46. The third kappa shape index (κ3) is 4.45. The molecule has 0 fully saturated rings. The molecule has 15 heavy (non-hydrogen) atoms. The van der Waals surface area contributed by atoms with Crippen LogP contribution < -0.4 is 5.32 Å². The van der Waals surface area contributed by atoms with Gasteiger partial charge in [-0.25, -0.2) is 4.98 Å². The Bertz CT molecular complexity index is 322. The SMILES string of the molecule is CSC(C)CCNc1nc(Cl)ncc1Cl. The molecule has 0 aliphatic heterocycles. The van der Waals surface area contributed by atoms with E-state index in [1.165, 1.54) is 6.20 Å². The lowest BCUT2D eigenvalue weighted by molar-refractivity contribution is 0.849. The van der Waals surface area contributed by atoms with Crippen LogP contribution in [0.2, 0.25) is 10.3 Å². The Morgan fingerprint density at radius 2 is 2.27 bits per heavy atom. The van der Waals surface area contributed by atoms with Crippen molar-refractivity contribution in [3.63, 3.8) is 0 Å². The van der Waals surface area contributed by atoms with Crippen LogP contribution in [0.5, 0.6) is 0 Å². The summed E-state index contributed by atoms with van der Waals surface area (Å²) in [6, 6.07) is 0. The van der Waals surface area contributed by atoms with Crippen LogP contribution in [0.4, 0.5) is 5.82 Å². The van der Waals surface area contributed by atoms with Gasteiger partial charge in [0.05, 0.1) is 6.20 Å². The molecule has 1 aromatic heterocycles. The van der Waals surface area contributed by atoms with E-state index in [9.17, 15) is 0 Å². The summed E-state index contributed by atoms with van der Waals surface area (Å²) in [4.78, 5) is 7.78. The van der Waals surface area contributed by atoms with Crippen LogP contribution in [0.15, 0.2) is 6.20 Å². The van der Waals surface area contributed by atoms with E-state index >= 15 is 0 Å². The number of thioether (sulfide) groups is 1. The minimum absolute atomic E-state index is 0.208. The second-order valence-corrected chi connectivity index (χ2v) is 5.12. The van der Waals surface area contributed by atoms with Crippen molar-refractivity contribution >= 4 is 40.8 Å². The third-order valence-electron chi connectivity index (χ3n) is 1.96. The predicted molar refractivity (Wildman–Crippen MR) is 68.1 cm³/mol. The summed E-state index contributed by atoms with van der Waals surface area (Å²) in [5, 5.41) is 4.46. The van der Waals surface area contributed by atoms with Crippen molar-refractivity contribution in [2.24, 2.45) is 0 Å². The first-order chi connectivity index (χ1) is 7.13. The van der Waals surface area contributed by atoms with Crippen molar-refractivity contribution in [2.45, 2.75) is 18.6 Å². The molecule has 1 atom stereocenters. The minimum Gasteiger partial charge on any atom is -0.369 e. The van der Waals surface area contributed by atoms with Gasteiger partial charge in [0.15, 0.2) is 0 Å². The van der Waals surface area contributed by atoms with Gasteiger partial charge in [0, 0.05) is 11.8 Å². The average Bonchev–Trinajstić information content (AvgIpc) is 2.23. The van der Waals surface area contributed by atoms with Gasteiger partial charge in [-0.2, -0.15) is 16.7 Å². The standard InChI is InChI=1S/C9H13Cl2N3S/c1-6(15-2)3-4-12-8-7(10)5-13-9(11)14-8/h5-6H,3-4H2,1-2H3,(H,12,13,14). The van der Waals surface area contributed by atoms with Crippen molar-refractivity contribution in [3.8, 4) is 0 Å². The second-order valence-electron chi connectivity index (χ2n) is 3.10. The highest BCUT2D eigenvalue weighted by Crippen LogP contribution is 2.19. The molecule has 0 saturated heterocycles. The molecule has 6 heteroatoms. The number of anilines is 1. The predicted octanol–water partition coefficient (Wildman–Crippen LogP) is 3.34. The minimum atomic E-state index is 0.208. The summed E-state index contributed by atoms with van der Waals surface area (Å²) < 4.78 is 0. The Morgan fingerprint density at radius 3 is 2.93 bits per heavy atom. The molecule has 3 nitrogen and oxygen atoms in total. The summed E-state index contributed by atoms with van der Waals surface area (Å²) in [6.45, 7) is 3.01. The zero-order chi connectivity index (χ0) is 11.3. The molecule has 0 aliphatic carbocycles. The van der Waals surface area contributed by atoms with Gasteiger partial charge >= 0.3 is 0 Å². The normalized spacial score (nSPS) is 12.5. The molecule has 0 bridgehead atoms. The van der Waals surface area contributed by atoms with Gasteiger partial charge in [0.25, 0.3) is 0 Å². The summed E-state index contributed by atoms with van der Waals surface area (Å²) in [5.41, 5.74) is 0. The van der Waals surface area contributed by atoms with E-state index < -0.39 is 0 Å². The zero-order valence-electron chi connectivity index (χ0n) is 8.63. The molecule has 0 saturated carbocycles. The van der Waals surface area contributed by atoms with Crippen molar-refractivity contribution in [1.82, 2.24) is 9.97 Å². The van der Waals surface area contributed by atoms with Crippen LogP contribution in [-0.2, 0) is 0 Å². The highest BCUT2D eigenvalue weighted by Gasteiger charge is 2.04. The smallest absolute Gasteiger partial charge is 0.224 e. The number of hydrogen-bond acceptors (Lipinski definition) is 4. The van der Waals surface area contributed by atoms with Gasteiger partial charge in [-0.1, -0.05) is 18.5 Å². The van der Waals surface area contributed by atoms with Gasteiger partial charge in [0.1, 0.15) is 10.8 Å². The quantitative estimate of drug-likeness (QED) is 0.829. The number of aromatic nitrogens is 2. The first-order valence-electron chi connectivity index (χ1n) is 4.58. The molecular formula is C9H13Cl2N3S. The molecule has 0 amide bonds. The van der Waals surface area contributed by atoms with Gasteiger partial charge in [0.2, 0.25) is 5.28 Å². The Balaban J connectivity index is 2.46.